The molecule has 3 rings (SSSR count). The zero-order valence-electron chi connectivity index (χ0n) is 10.4. The van der Waals surface area contributed by atoms with Crippen LogP contribution in [0.1, 0.15) is 0 Å². The van der Waals surface area contributed by atoms with Gasteiger partial charge in [-0.05, 0) is 24.0 Å². The van der Waals surface area contributed by atoms with Crippen molar-refractivity contribution in [1.29, 1.82) is 0 Å². The summed E-state index contributed by atoms with van der Waals surface area (Å²) in [5, 5.41) is 8.93. The number of likely N-dealkylation sites (tertiary alicyclic amines) is 1. The molecule has 1 aliphatic heterocycles. The van der Waals surface area contributed by atoms with Gasteiger partial charge in [0.15, 0.2) is 0 Å². The van der Waals surface area contributed by atoms with Crippen LogP contribution in [-0.4, -0.2) is 40.7 Å². The van der Waals surface area contributed by atoms with E-state index < -0.39 is 5.97 Å². The second-order valence-corrected chi connectivity index (χ2v) is 6.14. The summed E-state index contributed by atoms with van der Waals surface area (Å²) in [6.07, 6.45) is 0. The number of carboxylic acids is 1. The van der Waals surface area contributed by atoms with Crippen LogP contribution in [0.25, 0.3) is 0 Å². The number of rotatable bonds is 4. The van der Waals surface area contributed by atoms with E-state index in [-0.39, 0.29) is 23.7 Å². The number of aliphatic carboxylic acids is 1. The lowest BCUT2D eigenvalue weighted by molar-refractivity contribution is -0.140. The smallest absolute Gasteiger partial charge is 0.307 e. The van der Waals surface area contributed by atoms with Gasteiger partial charge in [0.2, 0.25) is 5.91 Å². The molecule has 1 amide bonds. The topological polar surface area (TPSA) is 57.6 Å². The third kappa shape index (κ3) is 2.47. The van der Waals surface area contributed by atoms with E-state index in [9.17, 15) is 9.59 Å². The first-order valence-electron chi connectivity index (χ1n) is 6.35. The quantitative estimate of drug-likeness (QED) is 0.849. The maximum atomic E-state index is 12.0. The number of carboxylic acid groups (broad SMARTS) is 1. The van der Waals surface area contributed by atoms with Crippen molar-refractivity contribution in [2.24, 2.45) is 17.8 Å². The van der Waals surface area contributed by atoms with Crippen LogP contribution in [0.3, 0.4) is 0 Å². The Morgan fingerprint density at radius 3 is 2.42 bits per heavy atom. The minimum Gasteiger partial charge on any atom is -0.481 e. The minimum atomic E-state index is -0.708. The number of benzene rings is 1. The Bertz CT molecular complexity index is 493. The number of piperidine rings is 1. The molecular weight excluding hydrogens is 262 g/mol. The molecule has 5 heteroatoms. The number of thioether (sulfide) groups is 1. The van der Waals surface area contributed by atoms with Crippen LogP contribution in [0.15, 0.2) is 35.2 Å². The van der Waals surface area contributed by atoms with Gasteiger partial charge in [0.1, 0.15) is 0 Å². The lowest BCUT2D eigenvalue weighted by Crippen LogP contribution is -2.33. The van der Waals surface area contributed by atoms with Gasteiger partial charge in [-0.3, -0.25) is 9.59 Å². The van der Waals surface area contributed by atoms with Crippen LogP contribution in [0.2, 0.25) is 0 Å². The molecule has 1 N–H and O–H groups in total. The molecule has 1 saturated heterocycles. The summed E-state index contributed by atoms with van der Waals surface area (Å²) in [5.41, 5.74) is 0. The van der Waals surface area contributed by atoms with E-state index >= 15 is 0 Å². The Morgan fingerprint density at radius 2 is 1.84 bits per heavy atom. The predicted molar refractivity (Wildman–Crippen MR) is 71.9 cm³/mol. The molecular formula is C14H15NO3S. The largest absolute Gasteiger partial charge is 0.481 e. The first-order chi connectivity index (χ1) is 9.16. The third-order valence-corrected chi connectivity index (χ3v) is 4.93. The van der Waals surface area contributed by atoms with E-state index in [4.69, 9.17) is 5.11 Å². The van der Waals surface area contributed by atoms with Crippen LogP contribution >= 0.6 is 11.8 Å². The van der Waals surface area contributed by atoms with Gasteiger partial charge in [-0.1, -0.05) is 18.2 Å². The average Bonchev–Trinajstić information content (AvgIpc) is 2.93. The van der Waals surface area contributed by atoms with Crippen LogP contribution in [-0.2, 0) is 9.59 Å². The standard InChI is InChI=1S/C14H15NO3S/c16-12(8-19-9-4-2-1-3-5-9)15-6-10-11(7-15)13(10)14(17)18/h1-5,10-11,13H,6-8H2,(H,17,18)/t10-,11+,13?. The van der Waals surface area contributed by atoms with E-state index in [0.29, 0.717) is 18.8 Å². The highest BCUT2D eigenvalue weighted by Gasteiger charge is 2.60. The molecule has 4 nitrogen and oxygen atoms in total. The Balaban J connectivity index is 1.47. The molecule has 2 aliphatic rings. The van der Waals surface area contributed by atoms with Crippen molar-refractivity contribution in [3.63, 3.8) is 0 Å². The normalized spacial score (nSPS) is 28.0. The fraction of sp³-hybridized carbons (Fsp3) is 0.429. The summed E-state index contributed by atoms with van der Waals surface area (Å²) in [7, 11) is 0. The summed E-state index contributed by atoms with van der Waals surface area (Å²) in [6.45, 7) is 1.24. The highest BCUT2D eigenvalue weighted by molar-refractivity contribution is 8.00. The Hall–Kier alpha value is -1.49. The van der Waals surface area contributed by atoms with Crippen molar-refractivity contribution < 1.29 is 14.7 Å². The summed E-state index contributed by atoms with van der Waals surface area (Å²) < 4.78 is 0. The first-order valence-corrected chi connectivity index (χ1v) is 7.34. The molecule has 19 heavy (non-hydrogen) atoms. The SMILES string of the molecule is O=C(O)C1[C@H]2CN(C(=O)CSc3ccccc3)C[C@@H]12. The molecule has 1 unspecified atom stereocenters. The van der Waals surface area contributed by atoms with Gasteiger partial charge in [-0.15, -0.1) is 11.8 Å². The molecule has 1 heterocycles. The monoisotopic (exact) mass is 277 g/mol. The second kappa shape index (κ2) is 4.89. The van der Waals surface area contributed by atoms with Crippen molar-refractivity contribution in [3.8, 4) is 0 Å². The fourth-order valence-electron chi connectivity index (χ4n) is 2.85. The van der Waals surface area contributed by atoms with Gasteiger partial charge < -0.3 is 10.0 Å². The Labute approximate surface area is 115 Å². The Morgan fingerprint density at radius 1 is 1.21 bits per heavy atom. The van der Waals surface area contributed by atoms with Gasteiger partial charge in [-0.25, -0.2) is 0 Å². The maximum absolute atomic E-state index is 12.0. The fourth-order valence-corrected chi connectivity index (χ4v) is 3.67. The molecule has 1 aromatic carbocycles. The van der Waals surface area contributed by atoms with Gasteiger partial charge >= 0.3 is 5.97 Å². The highest BCUT2D eigenvalue weighted by Crippen LogP contribution is 2.51. The van der Waals surface area contributed by atoms with Gasteiger partial charge in [-0.2, -0.15) is 0 Å². The highest BCUT2D eigenvalue weighted by atomic mass is 32.2. The van der Waals surface area contributed by atoms with Crippen LogP contribution in [0.5, 0.6) is 0 Å². The number of hydrogen-bond acceptors (Lipinski definition) is 3. The summed E-state index contributed by atoms with van der Waals surface area (Å²) >= 11 is 1.53. The molecule has 1 aromatic rings. The molecule has 0 bridgehead atoms. The van der Waals surface area contributed by atoms with Crippen LogP contribution < -0.4 is 0 Å². The summed E-state index contributed by atoms with van der Waals surface area (Å²) in [5.74, 6) is 0.0319. The lowest BCUT2D eigenvalue weighted by atomic mass is 10.2. The van der Waals surface area contributed by atoms with Gasteiger partial charge in [0, 0.05) is 18.0 Å². The van der Waals surface area contributed by atoms with Crippen molar-refractivity contribution in [2.45, 2.75) is 4.90 Å². The third-order valence-electron chi connectivity index (χ3n) is 3.94. The number of carbonyl (C=O) groups excluding carboxylic acids is 1. The summed E-state index contributed by atoms with van der Waals surface area (Å²) in [4.78, 5) is 25.8. The Kier molecular flexibility index (Phi) is 3.22. The molecule has 1 saturated carbocycles. The molecule has 0 aromatic heterocycles. The summed E-state index contributed by atoms with van der Waals surface area (Å²) in [6, 6.07) is 9.83. The zero-order valence-corrected chi connectivity index (χ0v) is 11.2. The van der Waals surface area contributed by atoms with E-state index in [1.54, 1.807) is 0 Å². The molecule has 0 radical (unpaired) electrons. The number of carbonyl (C=O) groups is 2. The molecule has 2 fully saturated rings. The van der Waals surface area contributed by atoms with Crippen LogP contribution in [0, 0.1) is 17.8 Å². The maximum Gasteiger partial charge on any atom is 0.307 e. The molecule has 0 spiro atoms. The lowest BCUT2D eigenvalue weighted by Gasteiger charge is -2.18. The number of hydrogen-bond donors (Lipinski definition) is 1. The van der Waals surface area contributed by atoms with E-state index in [1.165, 1.54) is 11.8 Å². The first kappa shape index (κ1) is 12.5. The van der Waals surface area contributed by atoms with Gasteiger partial charge in [0.25, 0.3) is 0 Å². The number of nitrogens with zero attached hydrogens (tertiary/aromatic N) is 1. The minimum absolute atomic E-state index is 0.116. The average molecular weight is 277 g/mol. The molecule has 100 valence electrons. The van der Waals surface area contributed by atoms with Crippen LogP contribution in [0.4, 0.5) is 0 Å². The van der Waals surface area contributed by atoms with E-state index in [1.807, 2.05) is 35.2 Å². The van der Waals surface area contributed by atoms with Crippen molar-refractivity contribution in [3.05, 3.63) is 30.3 Å². The van der Waals surface area contributed by atoms with E-state index in [0.717, 1.165) is 4.90 Å². The zero-order chi connectivity index (χ0) is 13.4. The molecule has 1 aliphatic carbocycles. The predicted octanol–water partition coefficient (Wildman–Crippen LogP) is 1.57. The van der Waals surface area contributed by atoms with E-state index in [2.05, 4.69) is 0 Å². The second-order valence-electron chi connectivity index (χ2n) is 5.09. The van der Waals surface area contributed by atoms with Gasteiger partial charge in [0.05, 0.1) is 11.7 Å². The van der Waals surface area contributed by atoms with Crippen molar-refractivity contribution in [2.75, 3.05) is 18.8 Å². The van der Waals surface area contributed by atoms with Crippen molar-refractivity contribution in [1.82, 2.24) is 4.90 Å². The molecule has 3 atom stereocenters. The number of fused-ring (bicyclic) bond motifs is 1. The number of amides is 1. The van der Waals surface area contributed by atoms with Crippen molar-refractivity contribution >= 4 is 23.6 Å².